The maximum Gasteiger partial charge on any atom is 0.330 e. The number of hydrogen-bond donors (Lipinski definition) is 2. The summed E-state index contributed by atoms with van der Waals surface area (Å²) in [5.41, 5.74) is 2.94. The van der Waals surface area contributed by atoms with Gasteiger partial charge in [0.2, 0.25) is 0 Å². The molecule has 3 N–H and O–H groups in total. The zero-order chi connectivity index (χ0) is 9.19. The van der Waals surface area contributed by atoms with E-state index in [0.717, 1.165) is 0 Å². The second-order valence-electron chi connectivity index (χ2n) is 2.51. The molecule has 0 amide bonds. The van der Waals surface area contributed by atoms with Gasteiger partial charge in [0.05, 0.1) is 0 Å². The lowest BCUT2D eigenvalue weighted by atomic mass is 10.3. The molecule has 0 aromatic carbocycles. The zero-order valence-electron chi connectivity index (χ0n) is 6.27. The summed E-state index contributed by atoms with van der Waals surface area (Å²) in [5, 5.41) is 3.88. The summed E-state index contributed by atoms with van der Waals surface area (Å²) in [4.78, 5) is 0. The van der Waals surface area contributed by atoms with Crippen LogP contribution in [0.1, 0.15) is 6.42 Å². The largest absolute Gasteiger partial charge is 0.330 e. The van der Waals surface area contributed by atoms with Crippen molar-refractivity contribution in [1.82, 2.24) is 0 Å². The Kier molecular flexibility index (Phi) is 2.46. The highest BCUT2D eigenvalue weighted by Crippen LogP contribution is 2.27. The molecule has 0 spiro atoms. The highest BCUT2D eigenvalue weighted by Gasteiger charge is 2.07. The Morgan fingerprint density at radius 1 is 1.25 bits per heavy atom. The minimum Gasteiger partial charge on any atom is -0.274 e. The molecule has 2 aliphatic rings. The highest BCUT2D eigenvalue weighted by molar-refractivity contribution is 7.83. The Labute approximate surface area is 71.0 Å². The van der Waals surface area contributed by atoms with Crippen LogP contribution in [0, 0.1) is 0 Å². The van der Waals surface area contributed by atoms with Gasteiger partial charge in [-0.15, -0.1) is 0 Å². The van der Waals surface area contributed by atoms with Gasteiger partial charge < -0.3 is 0 Å². The molecule has 0 aliphatic heterocycles. The standard InChI is InChI=1S/C7H6.H3NO3S/c1-2-7-4-3-6(1)5-7;1-5(2,3)4/h1-4H,5H2;(H3,1,2,3,4). The summed E-state index contributed by atoms with van der Waals surface area (Å²) in [6.45, 7) is 0. The molecular weight excluding hydrogens is 178 g/mol. The fourth-order valence-electron chi connectivity index (χ4n) is 1.01. The normalized spacial score (nSPS) is 18.2. The Morgan fingerprint density at radius 3 is 1.67 bits per heavy atom. The molecule has 2 rings (SSSR count). The van der Waals surface area contributed by atoms with Crippen molar-refractivity contribution >= 4 is 10.3 Å². The molecule has 0 radical (unpaired) electrons. The van der Waals surface area contributed by atoms with Crippen molar-refractivity contribution in [2.24, 2.45) is 5.14 Å². The second kappa shape index (κ2) is 3.22. The topological polar surface area (TPSA) is 80.4 Å². The quantitative estimate of drug-likeness (QED) is 0.544. The van der Waals surface area contributed by atoms with Gasteiger partial charge in [-0.25, -0.2) is 5.14 Å². The fourth-order valence-corrected chi connectivity index (χ4v) is 1.01. The number of fused-ring (bicyclic) bond motifs is 2. The molecule has 0 aromatic rings. The van der Waals surface area contributed by atoms with Crippen molar-refractivity contribution in [3.63, 3.8) is 0 Å². The van der Waals surface area contributed by atoms with Gasteiger partial charge >= 0.3 is 10.3 Å². The Hall–Kier alpha value is -0.910. The molecule has 4 nitrogen and oxygen atoms in total. The number of nitrogens with two attached hydrogens (primary N) is 1. The summed E-state index contributed by atoms with van der Waals surface area (Å²) < 4.78 is 25.2. The minimum absolute atomic E-state index is 1.19. The third-order valence-corrected chi connectivity index (χ3v) is 1.43. The van der Waals surface area contributed by atoms with Crippen LogP contribution in [0.5, 0.6) is 0 Å². The van der Waals surface area contributed by atoms with Crippen LogP contribution in [0.3, 0.4) is 0 Å². The van der Waals surface area contributed by atoms with Crippen molar-refractivity contribution in [3.05, 3.63) is 35.5 Å². The average Bonchev–Trinajstić information content (AvgIpc) is 2.42. The van der Waals surface area contributed by atoms with E-state index in [-0.39, 0.29) is 0 Å². The molecule has 0 aromatic heterocycles. The molecule has 2 bridgehead atoms. The maximum atomic E-state index is 8.97. The average molecular weight is 187 g/mol. The summed E-state index contributed by atoms with van der Waals surface area (Å²) >= 11 is 0. The van der Waals surface area contributed by atoms with E-state index in [1.807, 2.05) is 0 Å². The molecule has 5 heteroatoms. The zero-order valence-corrected chi connectivity index (χ0v) is 7.08. The summed E-state index contributed by atoms with van der Waals surface area (Å²) in [7, 11) is -4.17. The molecule has 0 saturated carbocycles. The first-order valence-electron chi connectivity index (χ1n) is 3.28. The van der Waals surface area contributed by atoms with E-state index in [1.54, 1.807) is 0 Å². The van der Waals surface area contributed by atoms with E-state index in [9.17, 15) is 0 Å². The molecule has 0 saturated heterocycles. The molecule has 0 heterocycles. The summed E-state index contributed by atoms with van der Waals surface area (Å²) in [6, 6.07) is 0. The third-order valence-electron chi connectivity index (χ3n) is 1.43. The monoisotopic (exact) mass is 187 g/mol. The van der Waals surface area contributed by atoms with Crippen LogP contribution < -0.4 is 5.14 Å². The van der Waals surface area contributed by atoms with Crippen molar-refractivity contribution in [2.75, 3.05) is 0 Å². The van der Waals surface area contributed by atoms with E-state index < -0.39 is 10.3 Å². The maximum absolute atomic E-state index is 8.97. The summed E-state index contributed by atoms with van der Waals surface area (Å²) in [5.74, 6) is 0. The lowest BCUT2D eigenvalue weighted by Crippen LogP contribution is -2.08. The number of rotatable bonds is 0. The van der Waals surface area contributed by atoms with Crippen molar-refractivity contribution in [1.29, 1.82) is 0 Å². The summed E-state index contributed by atoms with van der Waals surface area (Å²) in [6.07, 6.45) is 9.90. The Morgan fingerprint density at radius 2 is 1.58 bits per heavy atom. The van der Waals surface area contributed by atoms with Crippen LogP contribution >= 0.6 is 0 Å². The van der Waals surface area contributed by atoms with Crippen LogP contribution in [0.25, 0.3) is 0 Å². The number of hydrogen-bond acceptors (Lipinski definition) is 2. The predicted octanol–water partition coefficient (Wildman–Crippen LogP) is 0.561. The molecule has 0 fully saturated rings. The predicted molar refractivity (Wildman–Crippen MR) is 45.7 cm³/mol. The van der Waals surface area contributed by atoms with Gasteiger partial charge in [-0.05, 0) is 17.6 Å². The minimum atomic E-state index is -4.17. The van der Waals surface area contributed by atoms with Gasteiger partial charge in [0.15, 0.2) is 0 Å². The van der Waals surface area contributed by atoms with Crippen molar-refractivity contribution in [3.8, 4) is 0 Å². The van der Waals surface area contributed by atoms with Crippen LogP contribution in [-0.2, 0) is 10.3 Å². The first kappa shape index (κ1) is 9.18. The highest BCUT2D eigenvalue weighted by atomic mass is 32.2. The van der Waals surface area contributed by atoms with Crippen LogP contribution in [0.15, 0.2) is 35.5 Å². The van der Waals surface area contributed by atoms with E-state index in [2.05, 4.69) is 29.4 Å². The van der Waals surface area contributed by atoms with Gasteiger partial charge in [0, 0.05) is 0 Å². The smallest absolute Gasteiger partial charge is 0.274 e. The first-order chi connectivity index (χ1) is 5.45. The van der Waals surface area contributed by atoms with Crippen molar-refractivity contribution < 1.29 is 13.0 Å². The van der Waals surface area contributed by atoms with E-state index in [0.29, 0.717) is 0 Å². The number of allylic oxidation sites excluding steroid dienone is 6. The molecule has 0 unspecified atom stereocenters. The molecular formula is C7H9NO3S. The molecule has 2 aliphatic carbocycles. The van der Waals surface area contributed by atoms with E-state index in [1.165, 1.54) is 17.6 Å². The first-order valence-corrected chi connectivity index (χ1v) is 4.78. The Bertz CT molecular complexity index is 334. The van der Waals surface area contributed by atoms with Crippen LogP contribution in [0.2, 0.25) is 0 Å². The third kappa shape index (κ3) is 3.47. The van der Waals surface area contributed by atoms with E-state index >= 15 is 0 Å². The Balaban J connectivity index is 0.000000130. The van der Waals surface area contributed by atoms with Gasteiger partial charge in [-0.2, -0.15) is 8.42 Å². The van der Waals surface area contributed by atoms with Crippen LogP contribution in [-0.4, -0.2) is 13.0 Å². The van der Waals surface area contributed by atoms with Gasteiger partial charge in [-0.1, -0.05) is 24.3 Å². The SMILES string of the molecule is C1=CC2=CC=C1C2.NS(=O)(=O)O. The molecule has 66 valence electrons. The molecule has 0 atom stereocenters. The van der Waals surface area contributed by atoms with Crippen LogP contribution in [0.4, 0.5) is 0 Å². The second-order valence-corrected chi connectivity index (χ2v) is 3.54. The lowest BCUT2D eigenvalue weighted by molar-refractivity contribution is 0.485. The van der Waals surface area contributed by atoms with Gasteiger partial charge in [-0.3, -0.25) is 4.55 Å². The lowest BCUT2D eigenvalue weighted by Gasteiger charge is -1.77. The van der Waals surface area contributed by atoms with Crippen molar-refractivity contribution in [2.45, 2.75) is 6.42 Å². The molecule has 12 heavy (non-hydrogen) atoms. The van der Waals surface area contributed by atoms with E-state index in [4.69, 9.17) is 13.0 Å². The van der Waals surface area contributed by atoms with Gasteiger partial charge in [0.1, 0.15) is 0 Å². The van der Waals surface area contributed by atoms with Gasteiger partial charge in [0.25, 0.3) is 0 Å². The fraction of sp³-hybridized carbons (Fsp3) is 0.143.